The molecule has 1 heterocycles. The van der Waals surface area contributed by atoms with Crippen molar-refractivity contribution in [2.24, 2.45) is 0 Å². The number of rotatable bonds is 6. The molecule has 0 aliphatic rings. The van der Waals surface area contributed by atoms with Crippen molar-refractivity contribution >= 4 is 22.5 Å². The topological polar surface area (TPSA) is 37.2 Å². The molecule has 3 nitrogen and oxygen atoms in total. The van der Waals surface area contributed by atoms with E-state index in [0.29, 0.717) is 6.54 Å². The largest absolute Gasteiger partial charge is 0.395 e. The summed E-state index contributed by atoms with van der Waals surface area (Å²) in [5.41, 5.74) is 3.65. The second-order valence-electron chi connectivity index (χ2n) is 5.32. The Morgan fingerprint density at radius 3 is 2.77 bits per heavy atom. The molecule has 0 bridgehead atoms. The highest BCUT2D eigenvalue weighted by atomic mass is 35.5. The average molecular weight is 315 g/mol. The van der Waals surface area contributed by atoms with Crippen molar-refractivity contribution in [3.8, 4) is 0 Å². The molecular formula is C18H19ClN2O. The van der Waals surface area contributed by atoms with E-state index < -0.39 is 0 Å². The minimum absolute atomic E-state index is 0.158. The maximum absolute atomic E-state index is 8.87. The van der Waals surface area contributed by atoms with Gasteiger partial charge in [0.1, 0.15) is 0 Å². The quantitative estimate of drug-likeness (QED) is 0.684. The lowest BCUT2D eigenvalue weighted by atomic mass is 10.1. The van der Waals surface area contributed by atoms with E-state index in [4.69, 9.17) is 16.7 Å². The molecule has 0 saturated heterocycles. The molecule has 3 rings (SSSR count). The van der Waals surface area contributed by atoms with Crippen LogP contribution in [0.2, 0.25) is 5.02 Å². The Bertz CT molecular complexity index is 767. The second kappa shape index (κ2) is 6.97. The van der Waals surface area contributed by atoms with Crippen LogP contribution in [0.5, 0.6) is 0 Å². The fraction of sp³-hybridized carbons (Fsp3) is 0.222. The Morgan fingerprint density at radius 2 is 1.95 bits per heavy atom. The lowest BCUT2D eigenvalue weighted by Gasteiger charge is -2.08. The number of nitrogens with zero attached hydrogens (tertiary/aromatic N) is 1. The highest BCUT2D eigenvalue weighted by Gasteiger charge is 2.06. The van der Waals surface area contributed by atoms with E-state index >= 15 is 0 Å². The summed E-state index contributed by atoms with van der Waals surface area (Å²) in [5, 5.41) is 14.1. The number of benzene rings is 2. The van der Waals surface area contributed by atoms with Crippen molar-refractivity contribution in [1.82, 2.24) is 9.88 Å². The summed E-state index contributed by atoms with van der Waals surface area (Å²) in [6, 6.07) is 16.4. The molecule has 0 fully saturated rings. The van der Waals surface area contributed by atoms with Gasteiger partial charge in [0.05, 0.1) is 6.61 Å². The minimum Gasteiger partial charge on any atom is -0.395 e. The van der Waals surface area contributed by atoms with Crippen molar-refractivity contribution in [3.63, 3.8) is 0 Å². The van der Waals surface area contributed by atoms with Crippen LogP contribution < -0.4 is 5.32 Å². The third kappa shape index (κ3) is 3.33. The van der Waals surface area contributed by atoms with Crippen molar-refractivity contribution in [2.45, 2.75) is 13.1 Å². The summed E-state index contributed by atoms with van der Waals surface area (Å²) < 4.78 is 2.23. The van der Waals surface area contributed by atoms with Gasteiger partial charge in [0.15, 0.2) is 0 Å². The standard InChI is InChI=1S/C18H19ClN2O/c19-16-5-1-3-14(11-16)13-21-9-7-17-15(12-20-8-10-22)4-2-6-18(17)21/h1-7,9,11,20,22H,8,10,12-13H2. The van der Waals surface area contributed by atoms with Crippen molar-refractivity contribution in [3.05, 3.63) is 70.9 Å². The first-order valence-corrected chi connectivity index (χ1v) is 7.78. The van der Waals surface area contributed by atoms with Crippen LogP contribution in [0.4, 0.5) is 0 Å². The van der Waals surface area contributed by atoms with Crippen LogP contribution in [-0.2, 0) is 13.1 Å². The van der Waals surface area contributed by atoms with E-state index in [1.54, 1.807) is 0 Å². The molecule has 0 atom stereocenters. The molecule has 0 aliphatic heterocycles. The molecule has 4 heteroatoms. The highest BCUT2D eigenvalue weighted by molar-refractivity contribution is 6.30. The van der Waals surface area contributed by atoms with Crippen LogP contribution in [-0.4, -0.2) is 22.8 Å². The fourth-order valence-corrected chi connectivity index (χ4v) is 2.93. The van der Waals surface area contributed by atoms with Gasteiger partial charge in [-0.15, -0.1) is 0 Å². The van der Waals surface area contributed by atoms with Gasteiger partial charge in [-0.1, -0.05) is 35.9 Å². The predicted molar refractivity (Wildman–Crippen MR) is 91.3 cm³/mol. The van der Waals surface area contributed by atoms with Crippen LogP contribution in [0.25, 0.3) is 10.9 Å². The van der Waals surface area contributed by atoms with Crippen molar-refractivity contribution < 1.29 is 5.11 Å². The number of aromatic nitrogens is 1. The van der Waals surface area contributed by atoms with E-state index in [1.165, 1.54) is 22.0 Å². The Labute approximate surface area is 135 Å². The number of hydrogen-bond donors (Lipinski definition) is 2. The van der Waals surface area contributed by atoms with Gasteiger partial charge < -0.3 is 15.0 Å². The zero-order chi connectivity index (χ0) is 15.4. The number of nitrogens with one attached hydrogen (secondary N) is 1. The first kappa shape index (κ1) is 15.1. The number of hydrogen-bond acceptors (Lipinski definition) is 2. The molecule has 0 unspecified atom stereocenters. The first-order valence-electron chi connectivity index (χ1n) is 7.40. The molecule has 2 aromatic carbocycles. The molecule has 1 aromatic heterocycles. The van der Waals surface area contributed by atoms with E-state index in [-0.39, 0.29) is 6.61 Å². The minimum atomic E-state index is 0.158. The Balaban J connectivity index is 1.87. The summed E-state index contributed by atoms with van der Waals surface area (Å²) in [7, 11) is 0. The summed E-state index contributed by atoms with van der Waals surface area (Å²) in [4.78, 5) is 0. The number of aliphatic hydroxyl groups excluding tert-OH is 1. The smallest absolute Gasteiger partial charge is 0.0556 e. The molecule has 0 amide bonds. The van der Waals surface area contributed by atoms with E-state index in [1.807, 2.05) is 18.2 Å². The van der Waals surface area contributed by atoms with Crippen LogP contribution in [0, 0.1) is 0 Å². The maximum Gasteiger partial charge on any atom is 0.0556 e. The summed E-state index contributed by atoms with van der Waals surface area (Å²) in [5.74, 6) is 0. The molecule has 22 heavy (non-hydrogen) atoms. The van der Waals surface area contributed by atoms with E-state index in [9.17, 15) is 0 Å². The lowest BCUT2D eigenvalue weighted by molar-refractivity contribution is 0.292. The molecule has 0 spiro atoms. The Morgan fingerprint density at radius 1 is 1.09 bits per heavy atom. The van der Waals surface area contributed by atoms with Crippen LogP contribution >= 0.6 is 11.6 Å². The maximum atomic E-state index is 8.87. The molecule has 0 radical (unpaired) electrons. The van der Waals surface area contributed by atoms with Gasteiger partial charge in [-0.3, -0.25) is 0 Å². The third-order valence-corrected chi connectivity index (χ3v) is 3.99. The zero-order valence-electron chi connectivity index (χ0n) is 12.3. The lowest BCUT2D eigenvalue weighted by Crippen LogP contribution is -2.17. The SMILES string of the molecule is OCCNCc1cccc2c1ccn2Cc1cccc(Cl)c1. The zero-order valence-corrected chi connectivity index (χ0v) is 13.1. The summed E-state index contributed by atoms with van der Waals surface area (Å²) in [6.07, 6.45) is 2.11. The van der Waals surface area contributed by atoms with Gasteiger partial charge >= 0.3 is 0 Å². The van der Waals surface area contributed by atoms with Crippen molar-refractivity contribution in [1.29, 1.82) is 0 Å². The molecule has 0 aliphatic carbocycles. The Kier molecular flexibility index (Phi) is 4.78. The molecule has 114 valence electrons. The van der Waals surface area contributed by atoms with Gasteiger partial charge in [-0.25, -0.2) is 0 Å². The first-order chi connectivity index (χ1) is 10.8. The second-order valence-corrected chi connectivity index (χ2v) is 5.76. The van der Waals surface area contributed by atoms with Gasteiger partial charge in [0, 0.05) is 41.8 Å². The normalized spacial score (nSPS) is 11.2. The van der Waals surface area contributed by atoms with Crippen LogP contribution in [0.3, 0.4) is 0 Å². The highest BCUT2D eigenvalue weighted by Crippen LogP contribution is 2.22. The summed E-state index contributed by atoms with van der Waals surface area (Å²) in [6.45, 7) is 2.34. The van der Waals surface area contributed by atoms with Gasteiger partial charge in [-0.2, -0.15) is 0 Å². The van der Waals surface area contributed by atoms with E-state index in [0.717, 1.165) is 18.1 Å². The third-order valence-electron chi connectivity index (χ3n) is 3.75. The van der Waals surface area contributed by atoms with Gasteiger partial charge in [-0.05, 0) is 35.4 Å². The van der Waals surface area contributed by atoms with Gasteiger partial charge in [0.25, 0.3) is 0 Å². The van der Waals surface area contributed by atoms with Gasteiger partial charge in [0.2, 0.25) is 0 Å². The molecule has 0 saturated carbocycles. The van der Waals surface area contributed by atoms with Crippen LogP contribution in [0.15, 0.2) is 54.7 Å². The molecule has 2 N–H and O–H groups in total. The molecular weight excluding hydrogens is 296 g/mol. The number of halogens is 1. The monoisotopic (exact) mass is 314 g/mol. The predicted octanol–water partition coefficient (Wildman–Crippen LogP) is 3.42. The fourth-order valence-electron chi connectivity index (χ4n) is 2.71. The Hall–Kier alpha value is -1.81. The summed E-state index contributed by atoms with van der Waals surface area (Å²) >= 11 is 6.06. The number of fused-ring (bicyclic) bond motifs is 1. The average Bonchev–Trinajstić information content (AvgIpc) is 2.92. The van der Waals surface area contributed by atoms with Crippen molar-refractivity contribution in [2.75, 3.05) is 13.2 Å². The molecule has 3 aromatic rings. The number of aliphatic hydroxyl groups is 1. The van der Waals surface area contributed by atoms with E-state index in [2.05, 4.69) is 46.4 Å². The van der Waals surface area contributed by atoms with Crippen LogP contribution in [0.1, 0.15) is 11.1 Å².